The summed E-state index contributed by atoms with van der Waals surface area (Å²) in [6.07, 6.45) is 1.14. The fourth-order valence-electron chi connectivity index (χ4n) is 1.69. The Bertz CT molecular complexity index is 683. The summed E-state index contributed by atoms with van der Waals surface area (Å²) in [5.41, 5.74) is 1.84. The molecule has 1 aromatic rings. The summed E-state index contributed by atoms with van der Waals surface area (Å²) in [7, 11) is -1.57. The van der Waals surface area contributed by atoms with E-state index >= 15 is 0 Å². The van der Waals surface area contributed by atoms with Gasteiger partial charge in [-0.05, 0) is 19.1 Å². The zero-order valence-electron chi connectivity index (χ0n) is 12.4. The van der Waals surface area contributed by atoms with Crippen molar-refractivity contribution in [2.45, 2.75) is 6.92 Å². The van der Waals surface area contributed by atoms with Gasteiger partial charge in [-0.25, -0.2) is 8.42 Å². The average molecular weight is 309 g/mol. The topological polar surface area (TPSA) is 74.7 Å². The molecule has 1 aromatic carbocycles. The molecular formula is C15H19NO4S. The highest BCUT2D eigenvalue weighted by Gasteiger charge is 2.16. The first kappa shape index (κ1) is 17.2. The van der Waals surface area contributed by atoms with Gasteiger partial charge in [-0.1, -0.05) is 23.5 Å². The number of benzene rings is 1. The molecule has 0 fully saturated rings. The van der Waals surface area contributed by atoms with Crippen LogP contribution in [0.5, 0.6) is 0 Å². The van der Waals surface area contributed by atoms with E-state index in [0.29, 0.717) is 11.1 Å². The van der Waals surface area contributed by atoms with E-state index in [0.717, 1.165) is 11.8 Å². The Morgan fingerprint density at radius 1 is 1.38 bits per heavy atom. The van der Waals surface area contributed by atoms with Crippen LogP contribution < -0.4 is 0 Å². The highest BCUT2D eigenvalue weighted by molar-refractivity contribution is 7.90. The summed E-state index contributed by atoms with van der Waals surface area (Å²) in [5, 5.41) is 8.76. The van der Waals surface area contributed by atoms with Crippen LogP contribution in [0.3, 0.4) is 0 Å². The van der Waals surface area contributed by atoms with Gasteiger partial charge in [0.05, 0.1) is 11.3 Å². The Balaban J connectivity index is 3.02. The first-order valence-electron chi connectivity index (χ1n) is 6.38. The molecular weight excluding hydrogens is 290 g/mol. The van der Waals surface area contributed by atoms with E-state index in [2.05, 4.69) is 11.8 Å². The van der Waals surface area contributed by atoms with E-state index in [9.17, 15) is 13.2 Å². The van der Waals surface area contributed by atoms with Crippen molar-refractivity contribution < 1.29 is 18.3 Å². The standard InChI is InChI=1S/C15H19NO4S/c1-12-6-7-13(5-4-9-17)14(11-12)15(18)16(2)8-10-21(3,19)20/h6-7,11,17H,8-10H2,1-3H3. The van der Waals surface area contributed by atoms with Gasteiger partial charge in [0, 0.05) is 25.4 Å². The van der Waals surface area contributed by atoms with Crippen LogP contribution in [-0.2, 0) is 9.84 Å². The lowest BCUT2D eigenvalue weighted by Gasteiger charge is -2.18. The number of aliphatic hydroxyl groups is 1. The Kier molecular flexibility index (Phi) is 5.94. The summed E-state index contributed by atoms with van der Waals surface area (Å²) in [5.74, 6) is 4.87. The molecule has 0 heterocycles. The third kappa shape index (κ3) is 5.58. The van der Waals surface area contributed by atoms with Gasteiger partial charge >= 0.3 is 0 Å². The number of aryl methyl sites for hydroxylation is 1. The van der Waals surface area contributed by atoms with E-state index in [1.54, 1.807) is 19.2 Å². The molecule has 0 aromatic heterocycles. The molecule has 5 nitrogen and oxygen atoms in total. The van der Waals surface area contributed by atoms with Crippen LogP contribution in [0.4, 0.5) is 0 Å². The van der Waals surface area contributed by atoms with Crippen LogP contribution in [0.15, 0.2) is 18.2 Å². The molecule has 0 saturated heterocycles. The fraction of sp³-hybridized carbons (Fsp3) is 0.400. The van der Waals surface area contributed by atoms with Crippen molar-refractivity contribution in [1.82, 2.24) is 4.90 Å². The number of sulfone groups is 1. The number of hydrogen-bond acceptors (Lipinski definition) is 4. The van der Waals surface area contributed by atoms with E-state index in [4.69, 9.17) is 5.11 Å². The molecule has 0 spiro atoms. The molecule has 0 aliphatic carbocycles. The van der Waals surface area contributed by atoms with E-state index in [1.165, 1.54) is 4.90 Å². The minimum absolute atomic E-state index is 0.0846. The normalized spacial score (nSPS) is 10.7. The number of rotatable bonds is 4. The zero-order valence-corrected chi connectivity index (χ0v) is 13.2. The molecule has 0 aliphatic rings. The monoisotopic (exact) mass is 309 g/mol. The lowest BCUT2D eigenvalue weighted by atomic mass is 10.0. The van der Waals surface area contributed by atoms with Crippen molar-refractivity contribution in [2.24, 2.45) is 0 Å². The molecule has 0 saturated carbocycles. The SMILES string of the molecule is Cc1ccc(C#CCO)c(C(=O)N(C)CCS(C)(=O)=O)c1. The highest BCUT2D eigenvalue weighted by Crippen LogP contribution is 2.13. The molecule has 21 heavy (non-hydrogen) atoms. The van der Waals surface area contributed by atoms with Crippen molar-refractivity contribution in [2.75, 3.05) is 32.2 Å². The van der Waals surface area contributed by atoms with E-state index < -0.39 is 9.84 Å². The van der Waals surface area contributed by atoms with Crippen molar-refractivity contribution >= 4 is 15.7 Å². The maximum Gasteiger partial charge on any atom is 0.254 e. The van der Waals surface area contributed by atoms with E-state index in [-0.39, 0.29) is 24.8 Å². The van der Waals surface area contributed by atoms with E-state index in [1.807, 2.05) is 13.0 Å². The predicted molar refractivity (Wildman–Crippen MR) is 81.8 cm³/mol. The van der Waals surface area contributed by atoms with Crippen molar-refractivity contribution in [3.63, 3.8) is 0 Å². The second-order valence-electron chi connectivity index (χ2n) is 4.87. The van der Waals surface area contributed by atoms with Crippen molar-refractivity contribution in [1.29, 1.82) is 0 Å². The lowest BCUT2D eigenvalue weighted by Crippen LogP contribution is -2.32. The molecule has 1 amide bonds. The Labute approximate surface area is 125 Å². The molecule has 1 rings (SSSR count). The number of carbonyl (C=O) groups excluding carboxylic acids is 1. The first-order chi connectivity index (χ1) is 9.74. The third-order valence-electron chi connectivity index (χ3n) is 2.85. The van der Waals surface area contributed by atoms with Crippen molar-refractivity contribution in [3.8, 4) is 11.8 Å². The average Bonchev–Trinajstić information content (AvgIpc) is 2.41. The minimum Gasteiger partial charge on any atom is -0.384 e. The largest absolute Gasteiger partial charge is 0.384 e. The summed E-state index contributed by atoms with van der Waals surface area (Å²) >= 11 is 0. The van der Waals surface area contributed by atoms with Gasteiger partial charge in [0.25, 0.3) is 5.91 Å². The number of aliphatic hydroxyl groups excluding tert-OH is 1. The second-order valence-corrected chi connectivity index (χ2v) is 7.13. The highest BCUT2D eigenvalue weighted by atomic mass is 32.2. The number of hydrogen-bond donors (Lipinski definition) is 1. The van der Waals surface area contributed by atoms with Crippen LogP contribution in [0, 0.1) is 18.8 Å². The minimum atomic E-state index is -3.12. The molecule has 0 bridgehead atoms. The Morgan fingerprint density at radius 3 is 2.62 bits per heavy atom. The number of carbonyl (C=O) groups is 1. The van der Waals surface area contributed by atoms with Crippen LogP contribution in [0.2, 0.25) is 0 Å². The molecule has 1 N–H and O–H groups in total. The number of nitrogens with zero attached hydrogens (tertiary/aromatic N) is 1. The summed E-state index contributed by atoms with van der Waals surface area (Å²) < 4.78 is 22.3. The maximum atomic E-state index is 12.4. The van der Waals surface area contributed by atoms with Crippen molar-refractivity contribution in [3.05, 3.63) is 34.9 Å². The maximum absolute atomic E-state index is 12.4. The molecule has 0 atom stereocenters. The summed E-state index contributed by atoms with van der Waals surface area (Å²) in [6.45, 7) is 1.69. The molecule has 114 valence electrons. The number of amides is 1. The van der Waals surface area contributed by atoms with Crippen LogP contribution >= 0.6 is 0 Å². The molecule has 0 radical (unpaired) electrons. The van der Waals surface area contributed by atoms with Crippen LogP contribution in [0.25, 0.3) is 0 Å². The summed E-state index contributed by atoms with van der Waals surface area (Å²) in [6, 6.07) is 5.25. The van der Waals surface area contributed by atoms with Gasteiger partial charge < -0.3 is 10.0 Å². The van der Waals surface area contributed by atoms with Gasteiger partial charge in [-0.2, -0.15) is 0 Å². The fourth-order valence-corrected chi connectivity index (χ4v) is 2.29. The Hall–Kier alpha value is -1.84. The Morgan fingerprint density at radius 2 is 2.05 bits per heavy atom. The lowest BCUT2D eigenvalue weighted by molar-refractivity contribution is 0.0803. The molecule has 0 aliphatic heterocycles. The van der Waals surface area contributed by atoms with Gasteiger partial charge in [0.1, 0.15) is 16.4 Å². The summed E-state index contributed by atoms with van der Waals surface area (Å²) in [4.78, 5) is 13.8. The van der Waals surface area contributed by atoms with Gasteiger partial charge in [0.15, 0.2) is 0 Å². The van der Waals surface area contributed by atoms with Gasteiger partial charge in [-0.3, -0.25) is 4.79 Å². The third-order valence-corrected chi connectivity index (χ3v) is 3.78. The van der Waals surface area contributed by atoms with Gasteiger partial charge in [-0.15, -0.1) is 0 Å². The first-order valence-corrected chi connectivity index (χ1v) is 8.44. The smallest absolute Gasteiger partial charge is 0.254 e. The van der Waals surface area contributed by atoms with Crippen LogP contribution in [0.1, 0.15) is 21.5 Å². The van der Waals surface area contributed by atoms with Gasteiger partial charge in [0.2, 0.25) is 0 Å². The zero-order chi connectivity index (χ0) is 16.0. The predicted octanol–water partition coefficient (Wildman–Crippen LogP) is 0.455. The molecule has 0 unspecified atom stereocenters. The second kappa shape index (κ2) is 7.25. The molecule has 6 heteroatoms. The van der Waals surface area contributed by atoms with Crippen LogP contribution in [-0.4, -0.2) is 56.5 Å². The quantitative estimate of drug-likeness (QED) is 0.820.